The molecule has 6 nitrogen and oxygen atoms in total. The summed E-state index contributed by atoms with van der Waals surface area (Å²) in [7, 11) is -3.09. The van der Waals surface area contributed by atoms with E-state index in [-0.39, 0.29) is 16.4 Å². The number of benzene rings is 1. The summed E-state index contributed by atoms with van der Waals surface area (Å²) in [5.74, 6) is -1.75. The van der Waals surface area contributed by atoms with Gasteiger partial charge in [-0.05, 0) is 24.6 Å². The van der Waals surface area contributed by atoms with Gasteiger partial charge in [0, 0.05) is 16.1 Å². The Morgan fingerprint density at radius 3 is 2.83 bits per heavy atom. The first-order valence-corrected chi connectivity index (χ1v) is 9.83. The van der Waals surface area contributed by atoms with Gasteiger partial charge in [0.05, 0.1) is 11.5 Å². The molecule has 1 aliphatic rings. The maximum atomic E-state index is 13.6. The number of esters is 1. The fourth-order valence-electron chi connectivity index (χ4n) is 2.51. The van der Waals surface area contributed by atoms with Gasteiger partial charge in [-0.25, -0.2) is 17.6 Å². The number of rotatable bonds is 4. The zero-order chi connectivity index (χ0) is 17.3. The van der Waals surface area contributed by atoms with Crippen LogP contribution in [0.2, 0.25) is 0 Å². The van der Waals surface area contributed by atoms with Crippen LogP contribution in [0, 0.1) is 5.82 Å². The van der Waals surface area contributed by atoms with Crippen LogP contribution in [-0.4, -0.2) is 44.4 Å². The molecule has 1 fully saturated rings. The first-order chi connectivity index (χ1) is 11.3. The van der Waals surface area contributed by atoms with Crippen molar-refractivity contribution in [3.05, 3.63) is 35.0 Å². The molecule has 9 heteroatoms. The predicted molar refractivity (Wildman–Crippen MR) is 87.3 cm³/mol. The van der Waals surface area contributed by atoms with Crippen LogP contribution in [-0.2, 0) is 19.4 Å². The molecule has 1 aliphatic heterocycles. The molecule has 0 radical (unpaired) electrons. The molecular formula is C15H14FNO5S2. The number of fused-ring (bicyclic) bond motifs is 1. The number of thiophene rings is 1. The van der Waals surface area contributed by atoms with Crippen molar-refractivity contribution < 1.29 is 27.1 Å². The van der Waals surface area contributed by atoms with Gasteiger partial charge in [-0.2, -0.15) is 0 Å². The van der Waals surface area contributed by atoms with E-state index < -0.39 is 40.2 Å². The Labute approximate surface area is 141 Å². The molecule has 0 bridgehead atoms. The maximum Gasteiger partial charge on any atom is 0.348 e. The largest absolute Gasteiger partial charge is 0.451 e. The van der Waals surface area contributed by atoms with E-state index in [4.69, 9.17) is 4.74 Å². The topological polar surface area (TPSA) is 89.5 Å². The minimum absolute atomic E-state index is 0.0467. The minimum atomic E-state index is -3.09. The molecule has 1 saturated heterocycles. The predicted octanol–water partition coefficient (Wildman–Crippen LogP) is 1.50. The first kappa shape index (κ1) is 16.8. The van der Waals surface area contributed by atoms with Crippen LogP contribution in [0.15, 0.2) is 24.3 Å². The second-order valence-corrected chi connectivity index (χ2v) is 8.82. The van der Waals surface area contributed by atoms with E-state index in [9.17, 15) is 22.4 Å². The van der Waals surface area contributed by atoms with Crippen molar-refractivity contribution >= 4 is 43.1 Å². The number of halogens is 1. The Balaban J connectivity index is 1.56. The number of carbonyl (C=O) groups excluding carboxylic acids is 2. The molecular weight excluding hydrogens is 357 g/mol. The minimum Gasteiger partial charge on any atom is -0.451 e. The van der Waals surface area contributed by atoms with Gasteiger partial charge in [-0.1, -0.05) is 6.07 Å². The summed E-state index contributed by atoms with van der Waals surface area (Å²) < 4.78 is 41.8. The Bertz CT molecular complexity index is 906. The summed E-state index contributed by atoms with van der Waals surface area (Å²) in [4.78, 5) is 23.9. The van der Waals surface area contributed by atoms with Gasteiger partial charge in [-0.15, -0.1) is 11.3 Å². The van der Waals surface area contributed by atoms with Crippen molar-refractivity contribution in [3.63, 3.8) is 0 Å². The van der Waals surface area contributed by atoms with E-state index in [0.717, 1.165) is 11.3 Å². The standard InChI is InChI=1S/C15H14FNO5S2/c16-11-2-1-3-12-10(11)6-13(23-12)15(19)22-7-14(18)17-9-4-5-24(20,21)8-9/h1-3,6,9H,4-5,7-8H2,(H,17,18)/t9-/m1/s1. The number of amides is 1. The third kappa shape index (κ3) is 3.73. The average Bonchev–Trinajstić information content (AvgIpc) is 3.09. The fourth-order valence-corrected chi connectivity index (χ4v) is 5.15. The van der Waals surface area contributed by atoms with Crippen molar-refractivity contribution in [1.29, 1.82) is 0 Å². The molecule has 1 amide bonds. The molecule has 24 heavy (non-hydrogen) atoms. The summed E-state index contributed by atoms with van der Waals surface area (Å²) in [6, 6.07) is 5.48. The lowest BCUT2D eigenvalue weighted by Gasteiger charge is -2.10. The molecule has 1 atom stereocenters. The van der Waals surface area contributed by atoms with Crippen LogP contribution in [0.4, 0.5) is 4.39 Å². The normalized spacial score (nSPS) is 19.3. The SMILES string of the molecule is O=C(COC(=O)c1cc2c(F)cccc2s1)N[C@@H]1CCS(=O)(=O)C1. The average molecular weight is 371 g/mol. The summed E-state index contributed by atoms with van der Waals surface area (Å²) in [5, 5.41) is 2.85. The molecule has 128 valence electrons. The highest BCUT2D eigenvalue weighted by molar-refractivity contribution is 7.91. The van der Waals surface area contributed by atoms with E-state index in [1.807, 2.05) is 0 Å². The third-order valence-corrected chi connectivity index (χ3v) is 6.49. The van der Waals surface area contributed by atoms with Gasteiger partial charge in [0.25, 0.3) is 5.91 Å². The highest BCUT2D eigenvalue weighted by Gasteiger charge is 2.29. The monoisotopic (exact) mass is 371 g/mol. The number of hydrogen-bond acceptors (Lipinski definition) is 6. The molecule has 2 heterocycles. The Morgan fingerprint density at radius 2 is 2.17 bits per heavy atom. The molecule has 2 aromatic rings. The number of ether oxygens (including phenoxy) is 1. The third-order valence-electron chi connectivity index (χ3n) is 3.64. The van der Waals surface area contributed by atoms with E-state index in [0.29, 0.717) is 16.5 Å². The van der Waals surface area contributed by atoms with Crippen LogP contribution in [0.3, 0.4) is 0 Å². The van der Waals surface area contributed by atoms with Gasteiger partial charge in [-0.3, -0.25) is 4.79 Å². The van der Waals surface area contributed by atoms with Gasteiger partial charge in [0.2, 0.25) is 0 Å². The lowest BCUT2D eigenvalue weighted by Crippen LogP contribution is -2.38. The van der Waals surface area contributed by atoms with Crippen molar-refractivity contribution in [3.8, 4) is 0 Å². The summed E-state index contributed by atoms with van der Waals surface area (Å²) in [5.41, 5.74) is 0. The van der Waals surface area contributed by atoms with E-state index >= 15 is 0 Å². The second-order valence-electron chi connectivity index (χ2n) is 5.51. The Hall–Kier alpha value is -2.00. The number of hydrogen-bond donors (Lipinski definition) is 1. The quantitative estimate of drug-likeness (QED) is 0.823. The van der Waals surface area contributed by atoms with E-state index in [2.05, 4.69) is 5.32 Å². The first-order valence-electron chi connectivity index (χ1n) is 7.19. The fraction of sp³-hybridized carbons (Fsp3) is 0.333. The number of nitrogens with one attached hydrogen (secondary N) is 1. The second kappa shape index (κ2) is 6.48. The Kier molecular flexibility index (Phi) is 4.55. The van der Waals surface area contributed by atoms with Crippen LogP contribution in [0.5, 0.6) is 0 Å². The number of sulfone groups is 1. The van der Waals surface area contributed by atoms with E-state index in [1.165, 1.54) is 12.1 Å². The van der Waals surface area contributed by atoms with Crippen molar-refractivity contribution in [2.45, 2.75) is 12.5 Å². The van der Waals surface area contributed by atoms with Crippen LogP contribution < -0.4 is 5.32 Å². The Morgan fingerprint density at radius 1 is 1.38 bits per heavy atom. The molecule has 0 unspecified atom stereocenters. The van der Waals surface area contributed by atoms with Gasteiger partial charge >= 0.3 is 5.97 Å². The molecule has 1 aromatic carbocycles. The van der Waals surface area contributed by atoms with Crippen LogP contribution in [0.1, 0.15) is 16.1 Å². The van der Waals surface area contributed by atoms with Crippen molar-refractivity contribution in [2.24, 2.45) is 0 Å². The zero-order valence-corrected chi connectivity index (χ0v) is 14.1. The van der Waals surface area contributed by atoms with Crippen LogP contribution in [0.25, 0.3) is 10.1 Å². The highest BCUT2D eigenvalue weighted by atomic mass is 32.2. The van der Waals surface area contributed by atoms with Crippen molar-refractivity contribution in [1.82, 2.24) is 5.32 Å². The van der Waals surface area contributed by atoms with Gasteiger partial charge in [0.1, 0.15) is 10.7 Å². The maximum absolute atomic E-state index is 13.6. The summed E-state index contributed by atoms with van der Waals surface area (Å²) in [6.45, 7) is -0.508. The molecule has 3 rings (SSSR count). The lowest BCUT2D eigenvalue weighted by molar-refractivity contribution is -0.124. The molecule has 0 spiro atoms. The van der Waals surface area contributed by atoms with Gasteiger partial charge in [0.15, 0.2) is 16.4 Å². The number of carbonyl (C=O) groups is 2. The molecule has 0 saturated carbocycles. The summed E-state index contributed by atoms with van der Waals surface area (Å²) in [6.07, 6.45) is 0.359. The zero-order valence-electron chi connectivity index (χ0n) is 12.5. The summed E-state index contributed by atoms with van der Waals surface area (Å²) >= 11 is 1.08. The van der Waals surface area contributed by atoms with Crippen LogP contribution >= 0.6 is 11.3 Å². The molecule has 1 aromatic heterocycles. The highest BCUT2D eigenvalue weighted by Crippen LogP contribution is 2.28. The van der Waals surface area contributed by atoms with E-state index in [1.54, 1.807) is 12.1 Å². The van der Waals surface area contributed by atoms with Gasteiger partial charge < -0.3 is 10.1 Å². The van der Waals surface area contributed by atoms with Crippen molar-refractivity contribution in [2.75, 3.05) is 18.1 Å². The smallest absolute Gasteiger partial charge is 0.348 e. The molecule has 1 N–H and O–H groups in total. The molecule has 0 aliphatic carbocycles. The lowest BCUT2D eigenvalue weighted by atomic mass is 10.2.